The molecule has 0 amide bonds. The van der Waals surface area contributed by atoms with Crippen LogP contribution in [0.1, 0.15) is 24.3 Å². The van der Waals surface area contributed by atoms with E-state index in [1.807, 2.05) is 41.3 Å². The molecule has 0 spiro atoms. The summed E-state index contributed by atoms with van der Waals surface area (Å²) in [5, 5.41) is 4.95. The Bertz CT molecular complexity index is 1170. The fourth-order valence-electron chi connectivity index (χ4n) is 4.20. The number of H-pyrrole nitrogens is 1. The minimum absolute atomic E-state index is 0.145. The number of nitrogens with one attached hydrogen (secondary N) is 1. The Balaban J connectivity index is 1.46. The first-order chi connectivity index (χ1) is 15.6. The Morgan fingerprint density at radius 3 is 2.62 bits per heavy atom. The predicted octanol–water partition coefficient (Wildman–Crippen LogP) is 5.17. The molecule has 2 aromatic heterocycles. The highest BCUT2D eigenvalue weighted by Crippen LogP contribution is 2.36. The minimum Gasteiger partial charge on any atom is -0.399 e. The summed E-state index contributed by atoms with van der Waals surface area (Å²) in [7, 11) is 0. The molecule has 3 heterocycles. The molecule has 2 aromatic carbocycles. The van der Waals surface area contributed by atoms with Crippen LogP contribution in [0.15, 0.2) is 77.7 Å². The molecule has 6 nitrogen and oxygen atoms in total. The van der Waals surface area contributed by atoms with Crippen LogP contribution in [0.5, 0.6) is 0 Å². The molecule has 32 heavy (non-hydrogen) atoms. The van der Waals surface area contributed by atoms with Gasteiger partial charge in [-0.3, -0.25) is 4.90 Å². The lowest BCUT2D eigenvalue weighted by Crippen LogP contribution is -2.27. The summed E-state index contributed by atoms with van der Waals surface area (Å²) in [6, 6.07) is 18.3. The highest BCUT2D eigenvalue weighted by Gasteiger charge is 2.34. The van der Waals surface area contributed by atoms with E-state index in [0.29, 0.717) is 0 Å². The van der Waals surface area contributed by atoms with Crippen molar-refractivity contribution < 1.29 is 4.74 Å². The molecule has 0 unspecified atom stereocenters. The van der Waals surface area contributed by atoms with Gasteiger partial charge in [0.15, 0.2) is 0 Å². The maximum absolute atomic E-state index is 6.41. The average molecular weight is 492 g/mol. The number of nitrogens with zero attached hydrogens (tertiary/aromatic N) is 3. The van der Waals surface area contributed by atoms with Crippen molar-refractivity contribution in [2.45, 2.75) is 25.7 Å². The molecule has 7 heteroatoms. The summed E-state index contributed by atoms with van der Waals surface area (Å²) in [6.07, 6.45) is 6.95. The first kappa shape index (κ1) is 21.0. The number of nitrogen functional groups attached to an aromatic ring is 1. The summed E-state index contributed by atoms with van der Waals surface area (Å²) in [4.78, 5) is 5.56. The molecule has 1 fully saturated rings. The summed E-state index contributed by atoms with van der Waals surface area (Å²) in [5.74, 6) is 0. The van der Waals surface area contributed by atoms with E-state index in [9.17, 15) is 0 Å². The van der Waals surface area contributed by atoms with Gasteiger partial charge in [0.1, 0.15) is 11.9 Å². The number of aromatic amines is 1. The summed E-state index contributed by atoms with van der Waals surface area (Å²) >= 11 is 3.51. The number of nitrogens with two attached hydrogens (primary N) is 1. The zero-order valence-corrected chi connectivity index (χ0v) is 19.5. The van der Waals surface area contributed by atoms with Crippen LogP contribution in [0.4, 0.5) is 5.69 Å². The van der Waals surface area contributed by atoms with Crippen molar-refractivity contribution in [3.8, 4) is 16.9 Å². The van der Waals surface area contributed by atoms with Crippen molar-refractivity contribution in [2.24, 2.45) is 0 Å². The van der Waals surface area contributed by atoms with E-state index >= 15 is 0 Å². The van der Waals surface area contributed by atoms with E-state index in [1.165, 1.54) is 5.56 Å². The molecule has 1 aliphatic rings. The van der Waals surface area contributed by atoms with Crippen LogP contribution in [-0.2, 0) is 11.2 Å². The topological polar surface area (TPSA) is 72.1 Å². The number of ether oxygens (including phenoxy) is 1. The van der Waals surface area contributed by atoms with Crippen LogP contribution in [-0.4, -0.2) is 38.9 Å². The van der Waals surface area contributed by atoms with Crippen LogP contribution in [0.2, 0.25) is 0 Å². The first-order valence-corrected chi connectivity index (χ1v) is 11.6. The minimum atomic E-state index is -0.145. The van der Waals surface area contributed by atoms with Crippen LogP contribution in [0.25, 0.3) is 16.9 Å². The van der Waals surface area contributed by atoms with E-state index < -0.39 is 0 Å². The van der Waals surface area contributed by atoms with Crippen LogP contribution in [0.3, 0.4) is 0 Å². The van der Waals surface area contributed by atoms with Crippen LogP contribution >= 0.6 is 15.9 Å². The molecular formula is C25H26BrN5O. The van der Waals surface area contributed by atoms with Gasteiger partial charge in [-0.2, -0.15) is 5.10 Å². The summed E-state index contributed by atoms with van der Waals surface area (Å²) in [5.41, 5.74) is 12.0. The van der Waals surface area contributed by atoms with Crippen molar-refractivity contribution in [1.29, 1.82) is 0 Å². The zero-order chi connectivity index (χ0) is 22.1. The largest absolute Gasteiger partial charge is 0.399 e. The number of hydrogen-bond donors (Lipinski definition) is 2. The van der Waals surface area contributed by atoms with E-state index in [4.69, 9.17) is 15.6 Å². The number of halogens is 1. The fourth-order valence-corrected chi connectivity index (χ4v) is 4.46. The number of hydrogen-bond acceptors (Lipinski definition) is 4. The van der Waals surface area contributed by atoms with Crippen molar-refractivity contribution in [1.82, 2.24) is 19.7 Å². The molecule has 0 aliphatic carbocycles. The molecule has 0 saturated carbocycles. The van der Waals surface area contributed by atoms with Gasteiger partial charge in [0.2, 0.25) is 0 Å². The quantitative estimate of drug-likeness (QED) is 0.364. The second kappa shape index (κ2) is 8.94. The first-order valence-electron chi connectivity index (χ1n) is 10.8. The Morgan fingerprint density at radius 2 is 1.91 bits per heavy atom. The van der Waals surface area contributed by atoms with Crippen molar-refractivity contribution in [2.75, 3.05) is 18.8 Å². The van der Waals surface area contributed by atoms with Gasteiger partial charge in [-0.15, -0.1) is 0 Å². The van der Waals surface area contributed by atoms with Gasteiger partial charge in [0.05, 0.1) is 11.8 Å². The second-order valence-electron chi connectivity index (χ2n) is 8.24. The van der Waals surface area contributed by atoms with Gasteiger partial charge in [-0.05, 0) is 61.4 Å². The third kappa shape index (κ3) is 4.37. The van der Waals surface area contributed by atoms with Crippen molar-refractivity contribution >= 4 is 21.6 Å². The van der Waals surface area contributed by atoms with Crippen LogP contribution in [0, 0.1) is 0 Å². The lowest BCUT2D eigenvalue weighted by atomic mass is 10.1. The molecular weight excluding hydrogens is 466 g/mol. The predicted molar refractivity (Wildman–Crippen MR) is 130 cm³/mol. The molecule has 4 aromatic rings. The van der Waals surface area contributed by atoms with E-state index in [0.717, 1.165) is 52.2 Å². The van der Waals surface area contributed by atoms with E-state index in [2.05, 4.69) is 69.3 Å². The fraction of sp³-hybridized carbons (Fsp3) is 0.240. The van der Waals surface area contributed by atoms with Gasteiger partial charge in [-0.25, -0.2) is 4.68 Å². The lowest BCUT2D eigenvalue weighted by Gasteiger charge is -2.22. The smallest absolute Gasteiger partial charge is 0.140 e. The Hall–Kier alpha value is -2.87. The lowest BCUT2D eigenvalue weighted by molar-refractivity contribution is 0.00521. The van der Waals surface area contributed by atoms with Gasteiger partial charge < -0.3 is 15.5 Å². The highest BCUT2D eigenvalue weighted by atomic mass is 79.9. The van der Waals surface area contributed by atoms with Gasteiger partial charge in [-0.1, -0.05) is 28.1 Å². The molecule has 164 valence electrons. The number of rotatable bonds is 6. The molecule has 1 saturated heterocycles. The summed E-state index contributed by atoms with van der Waals surface area (Å²) in [6.45, 7) is 3.91. The van der Waals surface area contributed by atoms with E-state index in [1.54, 1.807) is 0 Å². The average Bonchev–Trinajstić information content (AvgIpc) is 3.53. The Morgan fingerprint density at radius 1 is 1.12 bits per heavy atom. The maximum Gasteiger partial charge on any atom is 0.140 e. The molecule has 3 N–H and O–H groups in total. The second-order valence-corrected chi connectivity index (χ2v) is 9.15. The van der Waals surface area contributed by atoms with Gasteiger partial charge in [0.25, 0.3) is 0 Å². The van der Waals surface area contributed by atoms with Gasteiger partial charge >= 0.3 is 0 Å². The Kier molecular flexibility index (Phi) is 5.87. The zero-order valence-electron chi connectivity index (χ0n) is 17.9. The van der Waals surface area contributed by atoms with Crippen LogP contribution < -0.4 is 5.73 Å². The monoisotopic (exact) mass is 491 g/mol. The number of aromatic nitrogens is 3. The summed E-state index contributed by atoms with van der Waals surface area (Å²) < 4.78 is 9.39. The highest BCUT2D eigenvalue weighted by molar-refractivity contribution is 9.10. The van der Waals surface area contributed by atoms with Crippen molar-refractivity contribution in [3.63, 3.8) is 0 Å². The maximum atomic E-state index is 6.41. The van der Waals surface area contributed by atoms with E-state index in [-0.39, 0.29) is 12.3 Å². The van der Waals surface area contributed by atoms with Crippen molar-refractivity contribution in [3.05, 3.63) is 88.8 Å². The molecule has 0 radical (unpaired) electrons. The molecule has 5 rings (SSSR count). The normalized spacial score (nSPS) is 18.9. The third-order valence-corrected chi connectivity index (χ3v) is 6.35. The number of anilines is 1. The SMILES string of the molecule is C[C@@H]1CN(CCc2ccc(N)cc2)[C@H](c2cn(-c3ccc(Br)cc3)nc2-c2cc[nH]c2)O1. The number of benzene rings is 2. The molecule has 1 aliphatic heterocycles. The third-order valence-electron chi connectivity index (χ3n) is 5.82. The Labute approximate surface area is 196 Å². The standard InChI is InChI=1S/C25H26BrN5O/c1-17-15-30(13-11-18-2-6-21(27)7-3-18)25(32-17)23-16-31(22-8-4-20(26)5-9-22)29-24(23)19-10-12-28-14-19/h2-10,12,14,16-17,25,28H,11,13,15,27H2,1H3/t17-,25+/m1/s1. The molecule has 2 atom stereocenters. The molecule has 0 bridgehead atoms. The van der Waals surface area contributed by atoms with Gasteiger partial charge in [0, 0.05) is 53.0 Å².